The number of likely N-dealkylation sites (N-methyl/N-ethyl adjacent to an activating group) is 2. The van der Waals surface area contributed by atoms with Gasteiger partial charge in [0.25, 0.3) is 10.0 Å². The molecule has 43 heavy (non-hydrogen) atoms. The largest absolute Gasteiger partial charge is 0.480 e. The molecule has 0 aliphatic rings. The predicted molar refractivity (Wildman–Crippen MR) is 171 cm³/mol. The lowest BCUT2D eigenvalue weighted by molar-refractivity contribution is -0.135. The first-order valence-corrected chi connectivity index (χ1v) is 15.6. The molecule has 0 fully saturated rings. The first-order chi connectivity index (χ1) is 20.3. The number of halogens is 2. The van der Waals surface area contributed by atoms with E-state index in [2.05, 4.69) is 14.8 Å². The highest BCUT2D eigenvalue weighted by Gasteiger charge is 2.28. The molecule has 0 saturated carbocycles. The fourth-order valence-corrected chi connectivity index (χ4v) is 6.73. The van der Waals surface area contributed by atoms with Crippen LogP contribution >= 0.6 is 23.2 Å². The summed E-state index contributed by atoms with van der Waals surface area (Å²) in [4.78, 5) is 33.4. The first kappa shape index (κ1) is 32.2. The molecular formula is C31H32Cl2N4O5S. The van der Waals surface area contributed by atoms with Gasteiger partial charge in [-0.2, -0.15) is 0 Å². The summed E-state index contributed by atoms with van der Waals surface area (Å²) in [6.07, 6.45) is 2.53. The van der Waals surface area contributed by atoms with Crippen LogP contribution in [0.3, 0.4) is 0 Å². The number of rotatable bonds is 13. The highest BCUT2D eigenvalue weighted by molar-refractivity contribution is 7.92. The second kappa shape index (κ2) is 13.7. The minimum absolute atomic E-state index is 0.0683. The van der Waals surface area contributed by atoms with Gasteiger partial charge in [-0.1, -0.05) is 47.5 Å². The van der Waals surface area contributed by atoms with Crippen molar-refractivity contribution in [2.24, 2.45) is 0 Å². The molecule has 12 heteroatoms. The number of aliphatic carboxylic acids is 1. The van der Waals surface area contributed by atoms with E-state index in [9.17, 15) is 23.1 Å². The Morgan fingerprint density at radius 1 is 0.907 bits per heavy atom. The lowest BCUT2D eigenvalue weighted by Gasteiger charge is -2.23. The van der Waals surface area contributed by atoms with E-state index in [-0.39, 0.29) is 32.8 Å². The lowest BCUT2D eigenvalue weighted by atomic mass is 9.97. The lowest BCUT2D eigenvalue weighted by Crippen LogP contribution is -2.35. The Hall–Kier alpha value is -3.70. The number of nitrogens with zero attached hydrogens (tertiary/aromatic N) is 4. The molecule has 0 amide bonds. The van der Waals surface area contributed by atoms with Crippen LogP contribution in [0.4, 0.5) is 11.5 Å². The Morgan fingerprint density at radius 2 is 1.63 bits per heavy atom. The van der Waals surface area contributed by atoms with Gasteiger partial charge in [0.15, 0.2) is 5.78 Å². The molecule has 226 valence electrons. The van der Waals surface area contributed by atoms with Gasteiger partial charge < -0.3 is 14.9 Å². The Balaban J connectivity index is 1.59. The second-order valence-corrected chi connectivity index (χ2v) is 13.1. The molecule has 0 radical (unpaired) electrons. The van der Waals surface area contributed by atoms with Crippen LogP contribution in [-0.2, 0) is 21.2 Å². The molecule has 0 saturated heterocycles. The number of Topliss-reactive ketones (excluding diaryl/α,β-unsaturated/α-hetero) is 1. The molecule has 1 heterocycles. The normalized spacial score (nSPS) is 11.6. The van der Waals surface area contributed by atoms with Gasteiger partial charge in [-0.3, -0.25) is 13.9 Å². The highest BCUT2D eigenvalue weighted by atomic mass is 35.5. The second-order valence-electron chi connectivity index (χ2n) is 10.4. The van der Waals surface area contributed by atoms with E-state index in [0.29, 0.717) is 22.8 Å². The maximum absolute atomic E-state index is 13.5. The molecule has 1 aromatic heterocycles. The third-order valence-corrected chi connectivity index (χ3v) is 9.07. The number of anilines is 2. The van der Waals surface area contributed by atoms with E-state index >= 15 is 0 Å². The van der Waals surface area contributed by atoms with Crippen LogP contribution in [0.15, 0.2) is 77.8 Å². The fourth-order valence-electron chi connectivity index (χ4n) is 4.59. The molecule has 0 aliphatic heterocycles. The van der Waals surface area contributed by atoms with Gasteiger partial charge in [0, 0.05) is 48.4 Å². The Morgan fingerprint density at radius 3 is 2.30 bits per heavy atom. The summed E-state index contributed by atoms with van der Waals surface area (Å²) in [5.41, 5.74) is 1.61. The van der Waals surface area contributed by atoms with Gasteiger partial charge in [-0.15, -0.1) is 0 Å². The number of pyridine rings is 1. The van der Waals surface area contributed by atoms with Crippen molar-refractivity contribution in [2.75, 3.05) is 50.0 Å². The SMILES string of the molecule is CN(C)CCN(C)c1cc(CCC(=O)c2cccc3cc(N(CC(=O)O)S(=O)(=O)c4cc(Cl)cc(Cl)c4)ccc23)ccn1. The number of hydrogen-bond donors (Lipinski definition) is 1. The number of fused-ring (bicyclic) bond motifs is 1. The van der Waals surface area contributed by atoms with Gasteiger partial charge >= 0.3 is 5.97 Å². The van der Waals surface area contributed by atoms with Crippen molar-refractivity contribution < 1.29 is 23.1 Å². The van der Waals surface area contributed by atoms with Crippen molar-refractivity contribution in [1.82, 2.24) is 9.88 Å². The van der Waals surface area contributed by atoms with Crippen molar-refractivity contribution in [3.05, 3.63) is 94.1 Å². The molecule has 0 bridgehead atoms. The van der Waals surface area contributed by atoms with Crippen molar-refractivity contribution >= 4 is 67.3 Å². The minimum Gasteiger partial charge on any atom is -0.480 e. The van der Waals surface area contributed by atoms with Crippen LogP contribution in [-0.4, -0.2) is 75.9 Å². The Bertz CT molecular complexity index is 1740. The van der Waals surface area contributed by atoms with E-state index in [1.165, 1.54) is 24.3 Å². The van der Waals surface area contributed by atoms with Gasteiger partial charge in [-0.25, -0.2) is 13.4 Å². The Kier molecular flexibility index (Phi) is 10.3. The summed E-state index contributed by atoms with van der Waals surface area (Å²) in [6.45, 7) is 0.881. The summed E-state index contributed by atoms with van der Waals surface area (Å²) in [5, 5.41) is 11.0. The number of hydrogen-bond acceptors (Lipinski definition) is 7. The molecule has 0 atom stereocenters. The zero-order valence-electron chi connectivity index (χ0n) is 24.0. The maximum Gasteiger partial charge on any atom is 0.324 e. The van der Waals surface area contributed by atoms with Crippen LogP contribution in [0.2, 0.25) is 10.0 Å². The zero-order valence-corrected chi connectivity index (χ0v) is 26.3. The van der Waals surface area contributed by atoms with Crippen molar-refractivity contribution in [2.45, 2.75) is 17.7 Å². The molecule has 4 aromatic rings. The van der Waals surface area contributed by atoms with E-state index in [4.69, 9.17) is 23.2 Å². The first-order valence-electron chi connectivity index (χ1n) is 13.4. The van der Waals surface area contributed by atoms with E-state index in [1.54, 1.807) is 36.5 Å². The van der Waals surface area contributed by atoms with Crippen molar-refractivity contribution in [1.29, 1.82) is 0 Å². The monoisotopic (exact) mass is 642 g/mol. The quantitative estimate of drug-likeness (QED) is 0.187. The van der Waals surface area contributed by atoms with Gasteiger partial charge in [-0.05, 0) is 79.3 Å². The highest BCUT2D eigenvalue weighted by Crippen LogP contribution is 2.31. The van der Waals surface area contributed by atoms with Crippen LogP contribution < -0.4 is 9.21 Å². The number of aryl methyl sites for hydroxylation is 1. The average molecular weight is 644 g/mol. The molecular weight excluding hydrogens is 611 g/mol. The topological polar surface area (TPSA) is 111 Å². The fraction of sp³-hybridized carbons (Fsp3) is 0.258. The molecule has 3 aromatic carbocycles. The van der Waals surface area contributed by atoms with Gasteiger partial charge in [0.2, 0.25) is 0 Å². The molecule has 1 N–H and O–H groups in total. The molecule has 0 spiro atoms. The summed E-state index contributed by atoms with van der Waals surface area (Å²) >= 11 is 12.0. The summed E-state index contributed by atoms with van der Waals surface area (Å²) in [6, 6.07) is 17.6. The number of aromatic nitrogens is 1. The van der Waals surface area contributed by atoms with Crippen molar-refractivity contribution in [3.8, 4) is 0 Å². The number of benzene rings is 3. The summed E-state index contributed by atoms with van der Waals surface area (Å²) in [5.74, 6) is -0.574. The third kappa shape index (κ3) is 8.03. The standard InChI is InChI=1S/C31H32Cl2N4O5S/c1-35(2)13-14-36(3)30-15-21(11-12-34-30)7-10-29(38)28-6-4-5-22-16-25(8-9-27(22)28)37(20-31(39)40)43(41,42)26-18-23(32)17-24(33)19-26/h4-6,8-9,11-12,15-19H,7,10,13-14,20H2,1-3H3,(H,39,40). The van der Waals surface area contributed by atoms with Crippen LogP contribution in [0.5, 0.6) is 0 Å². The van der Waals surface area contributed by atoms with Gasteiger partial charge in [0.1, 0.15) is 12.4 Å². The number of carbonyl (C=O) groups excluding carboxylic acids is 1. The molecule has 0 unspecified atom stereocenters. The van der Waals surface area contributed by atoms with Crippen LogP contribution in [0.1, 0.15) is 22.3 Å². The summed E-state index contributed by atoms with van der Waals surface area (Å²) in [7, 11) is 1.68. The summed E-state index contributed by atoms with van der Waals surface area (Å²) < 4.78 is 27.8. The molecule has 9 nitrogen and oxygen atoms in total. The Labute approximate surface area is 261 Å². The number of carboxylic acid groups (broad SMARTS) is 1. The number of ketones is 1. The van der Waals surface area contributed by atoms with Crippen molar-refractivity contribution in [3.63, 3.8) is 0 Å². The van der Waals surface area contributed by atoms with E-state index in [1.807, 2.05) is 33.3 Å². The molecule has 4 rings (SSSR count). The number of carbonyl (C=O) groups is 2. The van der Waals surface area contributed by atoms with Crippen LogP contribution in [0, 0.1) is 0 Å². The van der Waals surface area contributed by atoms with Crippen LogP contribution in [0.25, 0.3) is 10.8 Å². The smallest absolute Gasteiger partial charge is 0.324 e. The van der Waals surface area contributed by atoms with E-state index in [0.717, 1.165) is 28.8 Å². The van der Waals surface area contributed by atoms with Gasteiger partial charge in [0.05, 0.1) is 10.6 Å². The molecule has 0 aliphatic carbocycles. The zero-order chi connectivity index (χ0) is 31.3. The average Bonchev–Trinajstić information content (AvgIpc) is 2.96. The number of sulfonamides is 1. The number of carboxylic acids is 1. The predicted octanol–water partition coefficient (Wildman–Crippen LogP) is 5.63. The third-order valence-electron chi connectivity index (χ3n) is 6.88. The maximum atomic E-state index is 13.5. The minimum atomic E-state index is -4.34. The van der Waals surface area contributed by atoms with E-state index < -0.39 is 22.5 Å².